The van der Waals surface area contributed by atoms with Gasteiger partial charge in [0, 0.05) is 12.0 Å². The molecule has 0 heterocycles. The van der Waals surface area contributed by atoms with E-state index in [9.17, 15) is 19.7 Å². The van der Waals surface area contributed by atoms with Crippen molar-refractivity contribution in [2.24, 2.45) is 5.92 Å². The van der Waals surface area contributed by atoms with Crippen LogP contribution in [0.1, 0.15) is 19.4 Å². The maximum absolute atomic E-state index is 12.0. The molecule has 0 bridgehead atoms. The van der Waals surface area contributed by atoms with Gasteiger partial charge in [-0.3, -0.25) is 19.7 Å². The van der Waals surface area contributed by atoms with E-state index in [1.807, 2.05) is 0 Å². The van der Waals surface area contributed by atoms with E-state index in [1.54, 1.807) is 13.8 Å². The highest BCUT2D eigenvalue weighted by molar-refractivity contribution is 5.95. The topological polar surface area (TPSA) is 105 Å². The average molecular weight is 325 g/mol. The summed E-state index contributed by atoms with van der Waals surface area (Å²) in [4.78, 5) is 34.5. The van der Waals surface area contributed by atoms with Gasteiger partial charge in [0.05, 0.1) is 31.3 Å². The van der Waals surface area contributed by atoms with Crippen LogP contribution in [0.2, 0.25) is 0 Å². The number of nitro groups is 1. The molecule has 0 radical (unpaired) electrons. The third-order valence-corrected chi connectivity index (χ3v) is 3.06. The Morgan fingerprint density at radius 2 is 1.74 bits per heavy atom. The van der Waals surface area contributed by atoms with Gasteiger partial charge >= 0.3 is 11.9 Å². The summed E-state index contributed by atoms with van der Waals surface area (Å²) in [5.74, 6) is -2.47. The van der Waals surface area contributed by atoms with Gasteiger partial charge in [0.1, 0.15) is 5.75 Å². The lowest BCUT2D eigenvalue weighted by atomic mass is 9.98. The van der Waals surface area contributed by atoms with Crippen LogP contribution in [0.15, 0.2) is 18.2 Å². The van der Waals surface area contributed by atoms with Crippen LogP contribution in [0.3, 0.4) is 0 Å². The Kier molecular flexibility index (Phi) is 6.98. The number of esters is 2. The van der Waals surface area contributed by atoms with Crippen molar-refractivity contribution in [3.8, 4) is 5.75 Å². The predicted molar refractivity (Wildman–Crippen MR) is 80.1 cm³/mol. The van der Waals surface area contributed by atoms with Crippen molar-refractivity contribution >= 4 is 17.6 Å². The van der Waals surface area contributed by atoms with E-state index < -0.39 is 22.8 Å². The van der Waals surface area contributed by atoms with Crippen LogP contribution in [0.5, 0.6) is 5.75 Å². The van der Waals surface area contributed by atoms with Crippen LogP contribution >= 0.6 is 0 Å². The summed E-state index contributed by atoms with van der Waals surface area (Å²) >= 11 is 0. The number of carbonyl (C=O) groups excluding carboxylic acids is 2. The third kappa shape index (κ3) is 4.94. The van der Waals surface area contributed by atoms with E-state index in [0.29, 0.717) is 5.75 Å². The monoisotopic (exact) mass is 325 g/mol. The first kappa shape index (κ1) is 18.4. The van der Waals surface area contributed by atoms with Gasteiger partial charge in [-0.2, -0.15) is 0 Å². The van der Waals surface area contributed by atoms with Gasteiger partial charge in [0.25, 0.3) is 5.69 Å². The molecule has 0 aliphatic heterocycles. The van der Waals surface area contributed by atoms with Crippen molar-refractivity contribution < 1.29 is 28.7 Å². The minimum Gasteiger partial charge on any atom is -0.497 e. The molecule has 0 unspecified atom stereocenters. The lowest BCUT2D eigenvalue weighted by Gasteiger charge is -2.14. The zero-order chi connectivity index (χ0) is 17.4. The van der Waals surface area contributed by atoms with Gasteiger partial charge in [-0.05, 0) is 26.0 Å². The molecule has 0 fully saturated rings. The average Bonchev–Trinajstić information content (AvgIpc) is 2.52. The molecule has 0 spiro atoms. The first-order valence-electron chi connectivity index (χ1n) is 7.09. The molecule has 0 aromatic heterocycles. The van der Waals surface area contributed by atoms with E-state index in [0.717, 1.165) is 0 Å². The number of carbonyl (C=O) groups is 2. The van der Waals surface area contributed by atoms with E-state index in [-0.39, 0.29) is 30.9 Å². The Balaban J connectivity index is 3.14. The second kappa shape index (κ2) is 8.72. The van der Waals surface area contributed by atoms with Gasteiger partial charge in [-0.1, -0.05) is 0 Å². The zero-order valence-corrected chi connectivity index (χ0v) is 13.2. The summed E-state index contributed by atoms with van der Waals surface area (Å²) in [6, 6.07) is 4.21. The standard InChI is InChI=1S/C15H19NO7/c1-4-22-14(17)12(15(18)23-5-2)8-10-6-7-11(21-3)9-13(10)16(19)20/h6-7,9,12H,4-5,8H2,1-3H3. The van der Waals surface area contributed by atoms with Crippen molar-refractivity contribution in [2.75, 3.05) is 20.3 Å². The fourth-order valence-electron chi connectivity index (χ4n) is 1.98. The Hall–Kier alpha value is -2.64. The molecule has 1 rings (SSSR count). The minimum absolute atomic E-state index is 0.0967. The Bertz CT molecular complexity index is 567. The van der Waals surface area contributed by atoms with E-state index in [4.69, 9.17) is 14.2 Å². The highest BCUT2D eigenvalue weighted by atomic mass is 16.6. The van der Waals surface area contributed by atoms with Crippen molar-refractivity contribution in [1.29, 1.82) is 0 Å². The predicted octanol–water partition coefficient (Wildman–Crippen LogP) is 1.89. The molecule has 8 heteroatoms. The molecule has 1 aromatic rings. The number of hydrogen-bond donors (Lipinski definition) is 0. The van der Waals surface area contributed by atoms with Crippen LogP contribution in [0.4, 0.5) is 5.69 Å². The number of benzene rings is 1. The number of ether oxygens (including phenoxy) is 3. The number of nitro benzene ring substituents is 1. The molecule has 8 nitrogen and oxygen atoms in total. The Morgan fingerprint density at radius 1 is 1.17 bits per heavy atom. The molecule has 0 saturated heterocycles. The molecule has 0 amide bonds. The summed E-state index contributed by atoms with van der Waals surface area (Å²) in [6.07, 6.45) is -0.183. The normalized spacial score (nSPS) is 10.3. The van der Waals surface area contributed by atoms with Gasteiger partial charge in [0.2, 0.25) is 0 Å². The highest BCUT2D eigenvalue weighted by Crippen LogP contribution is 2.27. The zero-order valence-electron chi connectivity index (χ0n) is 13.2. The molecular formula is C15H19NO7. The molecule has 0 aliphatic rings. The first-order chi connectivity index (χ1) is 10.9. The lowest BCUT2D eigenvalue weighted by molar-refractivity contribution is -0.385. The van der Waals surface area contributed by atoms with Gasteiger partial charge in [-0.15, -0.1) is 0 Å². The SMILES string of the molecule is CCOC(=O)C(Cc1ccc(OC)cc1[N+](=O)[O-])C(=O)OCC. The smallest absolute Gasteiger partial charge is 0.320 e. The fraction of sp³-hybridized carbons (Fsp3) is 0.467. The van der Waals surface area contributed by atoms with E-state index >= 15 is 0 Å². The molecule has 126 valence electrons. The molecular weight excluding hydrogens is 306 g/mol. The molecule has 0 aliphatic carbocycles. The summed E-state index contributed by atoms with van der Waals surface area (Å²) in [5, 5.41) is 11.2. The van der Waals surface area contributed by atoms with Crippen molar-refractivity contribution in [3.63, 3.8) is 0 Å². The van der Waals surface area contributed by atoms with E-state index in [2.05, 4.69) is 0 Å². The molecule has 23 heavy (non-hydrogen) atoms. The second-order valence-electron chi connectivity index (χ2n) is 4.51. The number of hydrogen-bond acceptors (Lipinski definition) is 7. The highest BCUT2D eigenvalue weighted by Gasteiger charge is 2.32. The number of nitrogens with zero attached hydrogens (tertiary/aromatic N) is 1. The van der Waals surface area contributed by atoms with Gasteiger partial charge < -0.3 is 14.2 Å². The summed E-state index contributed by atoms with van der Waals surface area (Å²) < 4.78 is 14.7. The minimum atomic E-state index is -1.25. The molecule has 0 N–H and O–H groups in total. The molecule has 0 atom stereocenters. The van der Waals surface area contributed by atoms with Crippen LogP contribution in [-0.4, -0.2) is 37.2 Å². The largest absolute Gasteiger partial charge is 0.497 e. The summed E-state index contributed by atoms with van der Waals surface area (Å²) in [6.45, 7) is 3.41. The van der Waals surface area contributed by atoms with Crippen LogP contribution in [0.25, 0.3) is 0 Å². The fourth-order valence-corrected chi connectivity index (χ4v) is 1.98. The van der Waals surface area contributed by atoms with Crippen LogP contribution < -0.4 is 4.74 Å². The summed E-state index contributed by atoms with van der Waals surface area (Å²) in [7, 11) is 1.39. The number of methoxy groups -OCH3 is 1. The second-order valence-corrected chi connectivity index (χ2v) is 4.51. The molecule has 1 aromatic carbocycles. The first-order valence-corrected chi connectivity index (χ1v) is 7.09. The lowest BCUT2D eigenvalue weighted by Crippen LogP contribution is -2.30. The third-order valence-electron chi connectivity index (χ3n) is 3.06. The quantitative estimate of drug-likeness (QED) is 0.311. The Morgan fingerprint density at radius 3 is 2.17 bits per heavy atom. The number of rotatable bonds is 8. The van der Waals surface area contributed by atoms with Gasteiger partial charge in [0.15, 0.2) is 5.92 Å². The maximum Gasteiger partial charge on any atom is 0.320 e. The van der Waals surface area contributed by atoms with Crippen molar-refractivity contribution in [3.05, 3.63) is 33.9 Å². The van der Waals surface area contributed by atoms with Crippen LogP contribution in [0, 0.1) is 16.0 Å². The molecule has 0 saturated carbocycles. The van der Waals surface area contributed by atoms with Crippen LogP contribution in [-0.2, 0) is 25.5 Å². The summed E-state index contributed by atoms with van der Waals surface area (Å²) in [5.41, 5.74) is -0.00940. The van der Waals surface area contributed by atoms with E-state index in [1.165, 1.54) is 25.3 Å². The maximum atomic E-state index is 12.0. The Labute approximate surface area is 133 Å². The van der Waals surface area contributed by atoms with Gasteiger partial charge in [-0.25, -0.2) is 0 Å². The van der Waals surface area contributed by atoms with Crippen molar-refractivity contribution in [1.82, 2.24) is 0 Å². The van der Waals surface area contributed by atoms with Crippen molar-refractivity contribution in [2.45, 2.75) is 20.3 Å².